The van der Waals surface area contributed by atoms with E-state index in [1.807, 2.05) is 6.07 Å². The summed E-state index contributed by atoms with van der Waals surface area (Å²) in [4.78, 5) is 16.0. The number of fused-ring (bicyclic) bond motifs is 1. The van der Waals surface area contributed by atoms with Gasteiger partial charge in [0, 0.05) is 12.1 Å². The van der Waals surface area contributed by atoms with Crippen molar-refractivity contribution in [2.45, 2.75) is 19.3 Å². The molecule has 0 radical (unpaired) electrons. The monoisotopic (exact) mass is 227 g/mol. The fourth-order valence-corrected chi connectivity index (χ4v) is 2.95. The smallest absolute Gasteiger partial charge is 0.229 e. The van der Waals surface area contributed by atoms with Gasteiger partial charge in [0.25, 0.3) is 0 Å². The summed E-state index contributed by atoms with van der Waals surface area (Å²) in [5.41, 5.74) is 0.506. The Morgan fingerprint density at radius 1 is 1.41 bits per heavy atom. The number of amides is 1. The van der Waals surface area contributed by atoms with Gasteiger partial charge in [-0.1, -0.05) is 6.42 Å². The van der Waals surface area contributed by atoms with Crippen molar-refractivity contribution in [3.8, 4) is 6.07 Å². The van der Waals surface area contributed by atoms with E-state index in [2.05, 4.69) is 10.3 Å². The van der Waals surface area contributed by atoms with Crippen molar-refractivity contribution in [1.29, 1.82) is 5.26 Å². The van der Waals surface area contributed by atoms with Gasteiger partial charge in [0.05, 0.1) is 5.56 Å². The lowest BCUT2D eigenvalue weighted by atomic mass is 10.1. The van der Waals surface area contributed by atoms with Crippen LogP contribution in [0.25, 0.3) is 0 Å². The highest BCUT2D eigenvalue weighted by Gasteiger charge is 2.56. The predicted octanol–water partition coefficient (Wildman–Crippen LogP) is 1.94. The van der Waals surface area contributed by atoms with Crippen LogP contribution in [0.1, 0.15) is 24.8 Å². The van der Waals surface area contributed by atoms with Crippen LogP contribution < -0.4 is 5.32 Å². The molecular weight excluding hydrogens is 214 g/mol. The van der Waals surface area contributed by atoms with E-state index < -0.39 is 0 Å². The summed E-state index contributed by atoms with van der Waals surface area (Å²) < 4.78 is 0. The van der Waals surface area contributed by atoms with E-state index in [1.54, 1.807) is 12.1 Å². The first kappa shape index (κ1) is 10.3. The molecule has 1 amide bonds. The zero-order valence-electron chi connectivity index (χ0n) is 9.39. The highest BCUT2D eigenvalue weighted by molar-refractivity contribution is 5.94. The molecule has 2 fully saturated rings. The molecule has 0 bridgehead atoms. The van der Waals surface area contributed by atoms with Crippen LogP contribution in [-0.2, 0) is 4.79 Å². The molecule has 2 saturated carbocycles. The van der Waals surface area contributed by atoms with Gasteiger partial charge in [0.1, 0.15) is 11.9 Å². The summed E-state index contributed by atoms with van der Waals surface area (Å²) >= 11 is 0. The number of aromatic nitrogens is 1. The normalized spacial score (nSPS) is 29.2. The quantitative estimate of drug-likeness (QED) is 0.839. The third-order valence-electron chi connectivity index (χ3n) is 3.85. The highest BCUT2D eigenvalue weighted by Crippen LogP contribution is 2.57. The lowest BCUT2D eigenvalue weighted by molar-refractivity contribution is -0.118. The number of hydrogen-bond acceptors (Lipinski definition) is 3. The minimum Gasteiger partial charge on any atom is -0.310 e. The van der Waals surface area contributed by atoms with Crippen LogP contribution in [-0.4, -0.2) is 10.9 Å². The maximum atomic E-state index is 11.9. The molecule has 0 aromatic carbocycles. The number of rotatable bonds is 2. The number of nitrogens with zero attached hydrogens (tertiary/aromatic N) is 2. The maximum Gasteiger partial charge on any atom is 0.229 e. The lowest BCUT2D eigenvalue weighted by Crippen LogP contribution is -2.17. The fourth-order valence-electron chi connectivity index (χ4n) is 2.95. The summed E-state index contributed by atoms with van der Waals surface area (Å²) in [5, 5.41) is 11.5. The second-order valence-electron chi connectivity index (χ2n) is 4.82. The van der Waals surface area contributed by atoms with E-state index in [0.29, 0.717) is 23.2 Å². The van der Waals surface area contributed by atoms with Crippen molar-refractivity contribution in [3.63, 3.8) is 0 Å². The molecule has 0 aliphatic heterocycles. The van der Waals surface area contributed by atoms with Gasteiger partial charge in [0.15, 0.2) is 0 Å². The number of nitrogens with one attached hydrogen (secondary N) is 1. The number of carbonyl (C=O) groups excluding carboxylic acids is 1. The molecule has 2 unspecified atom stereocenters. The Kier molecular flexibility index (Phi) is 2.32. The summed E-state index contributed by atoms with van der Waals surface area (Å²) in [6.07, 6.45) is 5.14. The molecule has 2 aliphatic carbocycles. The first-order valence-corrected chi connectivity index (χ1v) is 5.96. The van der Waals surface area contributed by atoms with E-state index in [1.165, 1.54) is 25.5 Å². The van der Waals surface area contributed by atoms with Crippen molar-refractivity contribution >= 4 is 11.7 Å². The van der Waals surface area contributed by atoms with Crippen LogP contribution in [0.3, 0.4) is 0 Å². The summed E-state index contributed by atoms with van der Waals surface area (Å²) in [7, 11) is 0. The molecule has 1 N–H and O–H groups in total. The van der Waals surface area contributed by atoms with Crippen molar-refractivity contribution in [1.82, 2.24) is 4.98 Å². The van der Waals surface area contributed by atoms with Gasteiger partial charge in [-0.25, -0.2) is 4.98 Å². The molecule has 1 aromatic rings. The second-order valence-corrected chi connectivity index (χ2v) is 4.82. The molecule has 1 aromatic heterocycles. The number of hydrogen-bond donors (Lipinski definition) is 1. The largest absolute Gasteiger partial charge is 0.310 e. The average Bonchev–Trinajstić information content (AvgIpc) is 2.85. The van der Waals surface area contributed by atoms with E-state index in [0.717, 1.165) is 0 Å². The van der Waals surface area contributed by atoms with Crippen LogP contribution in [0.5, 0.6) is 0 Å². The molecule has 2 atom stereocenters. The van der Waals surface area contributed by atoms with E-state index >= 15 is 0 Å². The van der Waals surface area contributed by atoms with Gasteiger partial charge in [-0.05, 0) is 36.8 Å². The van der Waals surface area contributed by atoms with Gasteiger partial charge in [-0.3, -0.25) is 4.79 Å². The van der Waals surface area contributed by atoms with Crippen molar-refractivity contribution < 1.29 is 4.79 Å². The zero-order chi connectivity index (χ0) is 11.8. The highest BCUT2D eigenvalue weighted by atomic mass is 16.2. The molecule has 4 nitrogen and oxygen atoms in total. The molecule has 0 spiro atoms. The Bertz CT molecular complexity index is 478. The van der Waals surface area contributed by atoms with Crippen LogP contribution in [0, 0.1) is 29.1 Å². The van der Waals surface area contributed by atoms with Gasteiger partial charge < -0.3 is 5.32 Å². The lowest BCUT2D eigenvalue weighted by Gasteiger charge is -2.05. The fraction of sp³-hybridized carbons (Fsp3) is 0.462. The number of pyridine rings is 1. The Hall–Kier alpha value is -1.89. The van der Waals surface area contributed by atoms with Gasteiger partial charge in [0.2, 0.25) is 5.91 Å². The van der Waals surface area contributed by atoms with Crippen molar-refractivity contribution in [2.24, 2.45) is 17.8 Å². The van der Waals surface area contributed by atoms with E-state index in [9.17, 15) is 4.79 Å². The minimum absolute atomic E-state index is 0.0944. The Labute approximate surface area is 99.7 Å². The van der Waals surface area contributed by atoms with Crippen LogP contribution >= 0.6 is 0 Å². The minimum atomic E-state index is 0.0944. The van der Waals surface area contributed by atoms with Crippen molar-refractivity contribution in [2.75, 3.05) is 5.32 Å². The predicted molar refractivity (Wildman–Crippen MR) is 61.9 cm³/mol. The molecule has 17 heavy (non-hydrogen) atoms. The first-order valence-electron chi connectivity index (χ1n) is 5.96. The molecule has 0 saturated heterocycles. The topological polar surface area (TPSA) is 65.8 Å². The molecular formula is C13H13N3O. The maximum absolute atomic E-state index is 11.9. The van der Waals surface area contributed by atoms with E-state index in [4.69, 9.17) is 5.26 Å². The van der Waals surface area contributed by atoms with Gasteiger partial charge in [-0.2, -0.15) is 5.26 Å². The SMILES string of the molecule is N#Cc1ccc(NC(=O)C2C3CCCC32)nc1. The molecule has 2 aliphatic rings. The molecule has 4 heteroatoms. The molecule has 3 rings (SSSR count). The zero-order valence-corrected chi connectivity index (χ0v) is 9.39. The Balaban J connectivity index is 1.63. The number of nitriles is 1. The summed E-state index contributed by atoms with van der Waals surface area (Å²) in [6, 6.07) is 5.34. The Morgan fingerprint density at radius 3 is 2.76 bits per heavy atom. The molecule has 1 heterocycles. The molecule has 86 valence electrons. The Morgan fingerprint density at radius 2 is 2.18 bits per heavy atom. The standard InChI is InChI=1S/C13H13N3O/c14-6-8-4-5-11(15-7-8)16-13(17)12-9-2-1-3-10(9)12/h4-5,7,9-10,12H,1-3H2,(H,15,16,17). The van der Waals surface area contributed by atoms with Crippen molar-refractivity contribution in [3.05, 3.63) is 23.9 Å². The van der Waals surface area contributed by atoms with Crippen LogP contribution in [0.4, 0.5) is 5.82 Å². The third-order valence-corrected chi connectivity index (χ3v) is 3.85. The summed E-state index contributed by atoms with van der Waals surface area (Å²) in [6.45, 7) is 0. The first-order chi connectivity index (χ1) is 8.29. The van der Waals surface area contributed by atoms with Crippen LogP contribution in [0.15, 0.2) is 18.3 Å². The number of anilines is 1. The third kappa shape index (κ3) is 1.78. The number of carbonyl (C=O) groups is 1. The van der Waals surface area contributed by atoms with Gasteiger partial charge >= 0.3 is 0 Å². The summed E-state index contributed by atoms with van der Waals surface area (Å²) in [5.74, 6) is 2.08. The van der Waals surface area contributed by atoms with E-state index in [-0.39, 0.29) is 11.8 Å². The average molecular weight is 227 g/mol. The van der Waals surface area contributed by atoms with Crippen LogP contribution in [0.2, 0.25) is 0 Å². The van der Waals surface area contributed by atoms with Gasteiger partial charge in [-0.15, -0.1) is 0 Å². The second kappa shape index (κ2) is 3.85.